The van der Waals surface area contributed by atoms with E-state index in [1.165, 1.54) is 24.3 Å². The summed E-state index contributed by atoms with van der Waals surface area (Å²) in [6, 6.07) is 19.3. The molecule has 8 nitrogen and oxygen atoms in total. The zero-order chi connectivity index (χ0) is 32.0. The Labute approximate surface area is 265 Å². The highest BCUT2D eigenvalue weighted by molar-refractivity contribution is 5.94. The first kappa shape index (κ1) is 32.2. The quantitative estimate of drug-likeness (QED) is 0.161. The van der Waals surface area contributed by atoms with Gasteiger partial charge in [0.15, 0.2) is 0 Å². The number of ether oxygens (including phenoxy) is 5. The van der Waals surface area contributed by atoms with E-state index in [1.54, 1.807) is 48.5 Å². The van der Waals surface area contributed by atoms with Crippen LogP contribution in [0.2, 0.25) is 0 Å². The molecule has 3 aromatic rings. The summed E-state index contributed by atoms with van der Waals surface area (Å²) in [6.07, 6.45) is 3.98. The van der Waals surface area contributed by atoms with E-state index in [2.05, 4.69) is 27.7 Å². The Bertz CT molecular complexity index is 1450. The Morgan fingerprint density at radius 3 is 1.73 bits per heavy atom. The monoisotopic (exact) mass is 614 g/mol. The molecule has 2 aliphatic rings. The molecule has 1 aliphatic carbocycles. The first-order chi connectivity index (χ1) is 21.6. The molecule has 3 aromatic carbocycles. The predicted octanol–water partition coefficient (Wildman–Crippen LogP) is 7.55. The maximum atomic E-state index is 12.9. The van der Waals surface area contributed by atoms with Crippen LogP contribution in [-0.2, 0) is 9.47 Å². The smallest absolute Gasteiger partial charge is 0.343 e. The van der Waals surface area contributed by atoms with Crippen molar-refractivity contribution in [2.75, 3.05) is 19.8 Å². The lowest BCUT2D eigenvalue weighted by Gasteiger charge is -2.40. The third-order valence-corrected chi connectivity index (χ3v) is 9.02. The Hall–Kier alpha value is -4.17. The fraction of sp³-hybridized carbons (Fsp3) is 0.432. The van der Waals surface area contributed by atoms with Gasteiger partial charge in [-0.05, 0) is 110 Å². The van der Waals surface area contributed by atoms with Gasteiger partial charge >= 0.3 is 17.9 Å². The molecule has 0 N–H and O–H groups in total. The Morgan fingerprint density at radius 1 is 0.756 bits per heavy atom. The first-order valence-corrected chi connectivity index (χ1v) is 15.8. The molecular weight excluding hydrogens is 572 g/mol. The molecule has 238 valence electrons. The second-order valence-electron chi connectivity index (χ2n) is 12.8. The summed E-state index contributed by atoms with van der Waals surface area (Å²) in [6.45, 7) is 10.7. The largest absolute Gasteiger partial charge is 0.493 e. The molecule has 1 saturated heterocycles. The average Bonchev–Trinajstić information content (AvgIpc) is 3.02. The minimum atomic E-state index is -0.580. The topological polar surface area (TPSA) is 97.4 Å². The minimum absolute atomic E-state index is 0.0801. The van der Waals surface area contributed by atoms with Crippen LogP contribution in [0.15, 0.2) is 72.8 Å². The van der Waals surface area contributed by atoms with Crippen molar-refractivity contribution in [3.8, 4) is 17.2 Å². The van der Waals surface area contributed by atoms with Gasteiger partial charge in [-0.25, -0.2) is 14.4 Å². The summed E-state index contributed by atoms with van der Waals surface area (Å²) in [5, 5.41) is 0. The maximum absolute atomic E-state index is 12.9. The van der Waals surface area contributed by atoms with Crippen LogP contribution in [0.25, 0.3) is 0 Å². The second-order valence-corrected chi connectivity index (χ2v) is 12.8. The van der Waals surface area contributed by atoms with Gasteiger partial charge in [-0.2, -0.15) is 0 Å². The molecule has 8 heteroatoms. The molecule has 0 amide bonds. The SMILES string of the molecule is CCC1(COc2ccc(OC(=O)c3ccc(OC(=O)c4ccc(C(=O)OC5CC(C)CCC5C(C)C)cc4)cc3)cc2)COC1. The lowest BCUT2D eigenvalue weighted by atomic mass is 9.75. The van der Waals surface area contributed by atoms with Gasteiger partial charge in [0, 0.05) is 0 Å². The number of hydrogen-bond donors (Lipinski definition) is 0. The normalized spacial score (nSPS) is 20.5. The molecule has 0 radical (unpaired) electrons. The van der Waals surface area contributed by atoms with E-state index in [9.17, 15) is 14.4 Å². The molecule has 5 rings (SSSR count). The van der Waals surface area contributed by atoms with E-state index < -0.39 is 11.9 Å². The summed E-state index contributed by atoms with van der Waals surface area (Å²) in [7, 11) is 0. The van der Waals surface area contributed by atoms with Crippen LogP contribution in [-0.4, -0.2) is 43.8 Å². The highest BCUT2D eigenvalue weighted by Gasteiger charge is 2.37. The first-order valence-electron chi connectivity index (χ1n) is 15.8. The highest BCUT2D eigenvalue weighted by Crippen LogP contribution is 2.36. The van der Waals surface area contributed by atoms with Crippen LogP contribution >= 0.6 is 0 Å². The number of esters is 3. The molecule has 1 heterocycles. The van der Waals surface area contributed by atoms with Crippen LogP contribution in [0.4, 0.5) is 0 Å². The Morgan fingerprint density at radius 2 is 1.24 bits per heavy atom. The van der Waals surface area contributed by atoms with Crippen molar-refractivity contribution in [3.63, 3.8) is 0 Å². The van der Waals surface area contributed by atoms with Crippen LogP contribution in [0.5, 0.6) is 17.2 Å². The number of carbonyl (C=O) groups excluding carboxylic acids is 3. The molecule has 1 saturated carbocycles. The van der Waals surface area contributed by atoms with Gasteiger partial charge < -0.3 is 23.7 Å². The molecule has 45 heavy (non-hydrogen) atoms. The number of carbonyl (C=O) groups is 3. The average molecular weight is 615 g/mol. The van der Waals surface area contributed by atoms with E-state index in [0.29, 0.717) is 65.8 Å². The van der Waals surface area contributed by atoms with E-state index in [0.717, 1.165) is 25.7 Å². The molecule has 0 aromatic heterocycles. The van der Waals surface area contributed by atoms with Gasteiger partial charge in [0.1, 0.15) is 23.4 Å². The van der Waals surface area contributed by atoms with Crippen LogP contribution < -0.4 is 14.2 Å². The summed E-state index contributed by atoms with van der Waals surface area (Å²) in [5.74, 6) is 1.18. The van der Waals surface area contributed by atoms with Crippen molar-refractivity contribution in [1.29, 1.82) is 0 Å². The van der Waals surface area contributed by atoms with Crippen molar-refractivity contribution < 1.29 is 38.1 Å². The van der Waals surface area contributed by atoms with Crippen LogP contribution in [0.1, 0.15) is 84.5 Å². The Kier molecular flexibility index (Phi) is 10.2. The molecule has 3 atom stereocenters. The Balaban J connectivity index is 1.10. The van der Waals surface area contributed by atoms with Crippen molar-refractivity contribution in [2.24, 2.45) is 23.2 Å². The van der Waals surface area contributed by atoms with Gasteiger partial charge in [0.25, 0.3) is 0 Å². The van der Waals surface area contributed by atoms with E-state index in [4.69, 9.17) is 23.7 Å². The molecule has 2 fully saturated rings. The fourth-order valence-electron chi connectivity index (χ4n) is 5.81. The summed E-state index contributed by atoms with van der Waals surface area (Å²) in [4.78, 5) is 38.3. The van der Waals surface area contributed by atoms with E-state index in [-0.39, 0.29) is 23.2 Å². The van der Waals surface area contributed by atoms with Crippen LogP contribution in [0.3, 0.4) is 0 Å². The molecule has 1 aliphatic heterocycles. The standard InChI is InChI=1S/C37H42O8/c1-5-37(21-41-22-37)23-42-29-15-17-31(18-16-29)44-35(39)28-11-13-30(14-12-28)43-34(38)26-7-9-27(10-8-26)36(40)45-33-20-25(4)6-19-32(33)24(2)3/h7-18,24-25,32-33H,5-6,19-23H2,1-4H3. The molecule has 0 spiro atoms. The fourth-order valence-corrected chi connectivity index (χ4v) is 5.81. The minimum Gasteiger partial charge on any atom is -0.493 e. The van der Waals surface area contributed by atoms with Gasteiger partial charge in [0.2, 0.25) is 0 Å². The third kappa shape index (κ3) is 8.11. The zero-order valence-electron chi connectivity index (χ0n) is 26.5. The summed E-state index contributed by atoms with van der Waals surface area (Å²) >= 11 is 0. The number of benzene rings is 3. The summed E-state index contributed by atoms with van der Waals surface area (Å²) < 4.78 is 28.1. The molecule has 3 unspecified atom stereocenters. The van der Waals surface area contributed by atoms with Crippen molar-refractivity contribution in [3.05, 3.63) is 89.5 Å². The van der Waals surface area contributed by atoms with Gasteiger partial charge in [-0.3, -0.25) is 0 Å². The number of hydrogen-bond acceptors (Lipinski definition) is 8. The lowest BCUT2D eigenvalue weighted by molar-refractivity contribution is -0.133. The van der Waals surface area contributed by atoms with E-state index in [1.807, 2.05) is 0 Å². The van der Waals surface area contributed by atoms with Gasteiger partial charge in [0.05, 0.1) is 41.9 Å². The third-order valence-electron chi connectivity index (χ3n) is 9.02. The van der Waals surface area contributed by atoms with E-state index >= 15 is 0 Å². The summed E-state index contributed by atoms with van der Waals surface area (Å²) in [5.41, 5.74) is 1.07. The van der Waals surface area contributed by atoms with Crippen molar-refractivity contribution in [1.82, 2.24) is 0 Å². The van der Waals surface area contributed by atoms with Crippen LogP contribution in [0, 0.1) is 23.2 Å². The predicted molar refractivity (Wildman–Crippen MR) is 169 cm³/mol. The second kappa shape index (κ2) is 14.3. The molecular formula is C37H42O8. The maximum Gasteiger partial charge on any atom is 0.343 e. The zero-order valence-corrected chi connectivity index (χ0v) is 26.5. The van der Waals surface area contributed by atoms with Gasteiger partial charge in [-0.1, -0.05) is 34.1 Å². The lowest BCUT2D eigenvalue weighted by Crippen LogP contribution is -2.46. The van der Waals surface area contributed by atoms with Crippen molar-refractivity contribution >= 4 is 17.9 Å². The van der Waals surface area contributed by atoms with Crippen molar-refractivity contribution in [2.45, 2.75) is 59.5 Å². The van der Waals surface area contributed by atoms with Gasteiger partial charge in [-0.15, -0.1) is 0 Å². The molecule has 0 bridgehead atoms. The highest BCUT2D eigenvalue weighted by atomic mass is 16.5. The number of rotatable bonds is 11.